The summed E-state index contributed by atoms with van der Waals surface area (Å²) in [5.41, 5.74) is 4.56. The van der Waals surface area contributed by atoms with Crippen LogP contribution in [-0.2, 0) is 12.8 Å². The summed E-state index contributed by atoms with van der Waals surface area (Å²) in [6.45, 7) is 10.1. The molecule has 0 unspecified atom stereocenters. The average molecular weight is 473 g/mol. The largest absolute Gasteiger partial charge is 0.508 e. The number of phenolic OH excluding ortho intramolecular Hbond substituents is 3. The topological polar surface area (TPSA) is 101 Å². The van der Waals surface area contributed by atoms with Crippen molar-refractivity contribution in [2.45, 2.75) is 60.3 Å². The van der Waals surface area contributed by atoms with Crippen LogP contribution < -0.4 is 0 Å². The van der Waals surface area contributed by atoms with E-state index in [9.17, 15) is 5.11 Å². The molecule has 0 aliphatic rings. The Bertz CT molecular complexity index is 843. The third-order valence-corrected chi connectivity index (χ3v) is 4.60. The number of aliphatic hydroxyl groups is 2. The minimum atomic E-state index is 0.250. The monoisotopic (exact) mass is 472 g/mol. The Morgan fingerprint density at radius 2 is 1.12 bits per heavy atom. The van der Waals surface area contributed by atoms with Crippen LogP contribution in [0.25, 0.3) is 0 Å². The molecule has 3 rings (SSSR count). The second kappa shape index (κ2) is 21.8. The van der Waals surface area contributed by atoms with Gasteiger partial charge in [-0.3, -0.25) is 0 Å². The van der Waals surface area contributed by atoms with Crippen LogP contribution in [0.1, 0.15) is 55.9 Å². The van der Waals surface area contributed by atoms with Gasteiger partial charge in [0.15, 0.2) is 0 Å². The van der Waals surface area contributed by atoms with Gasteiger partial charge in [-0.15, -0.1) is 0 Å². The highest BCUT2D eigenvalue weighted by Crippen LogP contribution is 2.23. The molecule has 34 heavy (non-hydrogen) atoms. The lowest BCUT2D eigenvalue weighted by atomic mass is 9.99. The second-order valence-electron chi connectivity index (χ2n) is 7.29. The standard InChI is InChI=1S/C12H18O.C8H10O.C6H6O.C2H6O.CH4O/c1-3-6-10-8-5-9-12(13)11(10)7-4-2;1-6-4-3-5-8(9)7(6)2;7-6-4-2-1-3-5-6;1-2-3;1-2/h5,8-9,13H,3-4,6-7H2,1-2H3;3-5,9H,1-2H3;1-5,7H;3H,2H2,1H3;2H,1H3. The molecule has 0 atom stereocenters. The number of hydrogen-bond donors (Lipinski definition) is 5. The van der Waals surface area contributed by atoms with Crippen LogP contribution in [0.3, 0.4) is 0 Å². The van der Waals surface area contributed by atoms with Crippen molar-refractivity contribution in [1.82, 2.24) is 0 Å². The SMILES string of the molecule is CCCc1cccc(O)c1CCC.CCO.CO.Cc1cccc(O)c1C.Oc1ccccc1. The number of aryl methyl sites for hydroxylation is 2. The fourth-order valence-electron chi connectivity index (χ4n) is 2.83. The van der Waals surface area contributed by atoms with Gasteiger partial charge in [-0.05, 0) is 80.1 Å². The maximum Gasteiger partial charge on any atom is 0.119 e. The van der Waals surface area contributed by atoms with Crippen LogP contribution in [0, 0.1) is 13.8 Å². The van der Waals surface area contributed by atoms with Crippen molar-refractivity contribution in [3.63, 3.8) is 0 Å². The minimum absolute atomic E-state index is 0.250. The summed E-state index contributed by atoms with van der Waals surface area (Å²) in [5, 5.41) is 42.0. The predicted molar refractivity (Wildman–Crippen MR) is 143 cm³/mol. The van der Waals surface area contributed by atoms with Crippen LogP contribution in [0.5, 0.6) is 17.2 Å². The molecule has 0 amide bonds. The third-order valence-electron chi connectivity index (χ3n) is 4.60. The van der Waals surface area contributed by atoms with Gasteiger partial charge in [-0.25, -0.2) is 0 Å². The molecule has 5 N–H and O–H groups in total. The van der Waals surface area contributed by atoms with Gasteiger partial charge in [0, 0.05) is 13.7 Å². The maximum atomic E-state index is 9.65. The average Bonchev–Trinajstić information content (AvgIpc) is 2.83. The van der Waals surface area contributed by atoms with Crippen molar-refractivity contribution in [3.8, 4) is 17.2 Å². The maximum absolute atomic E-state index is 9.65. The van der Waals surface area contributed by atoms with Gasteiger partial charge in [0.25, 0.3) is 0 Å². The van der Waals surface area contributed by atoms with E-state index in [-0.39, 0.29) is 6.61 Å². The number of hydrogen-bond acceptors (Lipinski definition) is 5. The van der Waals surface area contributed by atoms with E-state index >= 15 is 0 Å². The van der Waals surface area contributed by atoms with E-state index in [1.807, 2.05) is 38.1 Å². The molecule has 0 fully saturated rings. The highest BCUT2D eigenvalue weighted by atomic mass is 16.3. The summed E-state index contributed by atoms with van der Waals surface area (Å²) in [5.74, 6) is 1.17. The van der Waals surface area contributed by atoms with Gasteiger partial charge in [-0.1, -0.05) is 69.2 Å². The first kappa shape index (κ1) is 33.2. The van der Waals surface area contributed by atoms with E-state index in [0.29, 0.717) is 17.2 Å². The number of aromatic hydroxyl groups is 3. The molecule has 0 aromatic heterocycles. The molecular formula is C29H44O5. The predicted octanol–water partition coefficient (Wildman–Crippen LogP) is 6.31. The summed E-state index contributed by atoms with van der Waals surface area (Å²) < 4.78 is 0. The normalized spacial score (nSPS) is 8.94. The molecule has 5 heteroatoms. The fourth-order valence-corrected chi connectivity index (χ4v) is 2.83. The molecule has 5 nitrogen and oxygen atoms in total. The number of para-hydroxylation sites is 1. The number of aliphatic hydroxyl groups excluding tert-OH is 2. The minimum Gasteiger partial charge on any atom is -0.508 e. The first-order chi connectivity index (χ1) is 16.3. The Kier molecular flexibility index (Phi) is 21.3. The highest BCUT2D eigenvalue weighted by Gasteiger charge is 2.05. The Morgan fingerprint density at radius 1 is 0.618 bits per heavy atom. The van der Waals surface area contributed by atoms with E-state index in [4.69, 9.17) is 20.4 Å². The van der Waals surface area contributed by atoms with E-state index in [1.54, 1.807) is 43.3 Å². The molecule has 3 aromatic rings. The molecule has 0 aliphatic carbocycles. The third kappa shape index (κ3) is 14.9. The molecule has 0 aliphatic heterocycles. The molecule has 0 heterocycles. The van der Waals surface area contributed by atoms with Gasteiger partial charge in [0.1, 0.15) is 17.2 Å². The molecule has 190 valence electrons. The number of benzene rings is 3. The zero-order valence-electron chi connectivity index (χ0n) is 21.6. The lowest BCUT2D eigenvalue weighted by Crippen LogP contribution is -1.93. The Labute approximate surface area is 206 Å². The Morgan fingerprint density at radius 3 is 1.53 bits per heavy atom. The molecule has 0 saturated heterocycles. The number of rotatable bonds is 4. The highest BCUT2D eigenvalue weighted by molar-refractivity contribution is 5.39. The van der Waals surface area contributed by atoms with Crippen LogP contribution in [0.4, 0.5) is 0 Å². The van der Waals surface area contributed by atoms with E-state index in [0.717, 1.165) is 49.5 Å². The Hall–Kier alpha value is -3.02. The Balaban J connectivity index is 0. The molecule has 0 radical (unpaired) electrons. The van der Waals surface area contributed by atoms with Crippen molar-refractivity contribution in [2.75, 3.05) is 13.7 Å². The van der Waals surface area contributed by atoms with Gasteiger partial charge < -0.3 is 25.5 Å². The smallest absolute Gasteiger partial charge is 0.119 e. The lowest BCUT2D eigenvalue weighted by molar-refractivity contribution is 0.318. The lowest BCUT2D eigenvalue weighted by Gasteiger charge is -2.09. The van der Waals surface area contributed by atoms with Crippen LogP contribution in [0.15, 0.2) is 66.7 Å². The zero-order chi connectivity index (χ0) is 26.4. The first-order valence-electron chi connectivity index (χ1n) is 11.7. The second-order valence-corrected chi connectivity index (χ2v) is 7.29. The van der Waals surface area contributed by atoms with E-state index in [1.165, 1.54) is 5.56 Å². The summed E-state index contributed by atoms with van der Waals surface area (Å²) in [6.07, 6.45) is 4.29. The van der Waals surface area contributed by atoms with Gasteiger partial charge >= 0.3 is 0 Å². The van der Waals surface area contributed by atoms with Crippen molar-refractivity contribution in [3.05, 3.63) is 89.0 Å². The van der Waals surface area contributed by atoms with Gasteiger partial charge in [-0.2, -0.15) is 0 Å². The number of phenols is 3. The summed E-state index contributed by atoms with van der Waals surface area (Å²) in [4.78, 5) is 0. The molecule has 0 saturated carbocycles. The van der Waals surface area contributed by atoms with Crippen molar-refractivity contribution < 1.29 is 25.5 Å². The van der Waals surface area contributed by atoms with Gasteiger partial charge in [0.2, 0.25) is 0 Å². The quantitative estimate of drug-likeness (QED) is 0.306. The molecule has 3 aromatic carbocycles. The van der Waals surface area contributed by atoms with Crippen LogP contribution >= 0.6 is 0 Å². The summed E-state index contributed by atoms with van der Waals surface area (Å²) >= 11 is 0. The molecule has 0 bridgehead atoms. The van der Waals surface area contributed by atoms with Crippen molar-refractivity contribution in [2.24, 2.45) is 0 Å². The zero-order valence-corrected chi connectivity index (χ0v) is 21.6. The summed E-state index contributed by atoms with van der Waals surface area (Å²) in [7, 11) is 1.00. The van der Waals surface area contributed by atoms with E-state index < -0.39 is 0 Å². The van der Waals surface area contributed by atoms with E-state index in [2.05, 4.69) is 19.9 Å². The van der Waals surface area contributed by atoms with Gasteiger partial charge in [0.05, 0.1) is 0 Å². The van der Waals surface area contributed by atoms with Crippen LogP contribution in [0.2, 0.25) is 0 Å². The van der Waals surface area contributed by atoms with Crippen molar-refractivity contribution >= 4 is 0 Å². The fraction of sp³-hybridized carbons (Fsp3) is 0.379. The molecular weight excluding hydrogens is 428 g/mol. The first-order valence-corrected chi connectivity index (χ1v) is 11.7. The van der Waals surface area contributed by atoms with Crippen LogP contribution in [-0.4, -0.2) is 39.2 Å². The van der Waals surface area contributed by atoms with Crippen molar-refractivity contribution in [1.29, 1.82) is 0 Å². The molecule has 0 spiro atoms. The summed E-state index contributed by atoms with van der Waals surface area (Å²) in [6, 6.07) is 20.1.